The fourth-order valence-corrected chi connectivity index (χ4v) is 4.31. The minimum absolute atomic E-state index is 0.274. The van der Waals surface area contributed by atoms with E-state index in [1.54, 1.807) is 37.4 Å². The molecule has 0 radical (unpaired) electrons. The molecule has 0 aromatic heterocycles. The summed E-state index contributed by atoms with van der Waals surface area (Å²) in [6.45, 7) is 9.73. The van der Waals surface area contributed by atoms with E-state index in [0.29, 0.717) is 25.3 Å². The van der Waals surface area contributed by atoms with Gasteiger partial charge in [0.15, 0.2) is 0 Å². The molecule has 3 amide bonds. The minimum Gasteiger partial charge on any atom is -0.444 e. The van der Waals surface area contributed by atoms with Gasteiger partial charge in [0.2, 0.25) is 11.8 Å². The molecule has 36 heavy (non-hydrogen) atoms. The number of aryl methyl sites for hydroxylation is 1. The zero-order chi connectivity index (χ0) is 26.7. The average Bonchev–Trinajstić information content (AvgIpc) is 2.83. The first-order valence-electron chi connectivity index (χ1n) is 12.2. The SMILES string of the molecule is CCN(C(=O)C(CCSC)NC(=O)OC(C)(C)C)C(C(=O)NCc1ccccc1)c1ccccc1C. The first-order chi connectivity index (χ1) is 17.1. The Morgan fingerprint density at radius 3 is 2.25 bits per heavy atom. The van der Waals surface area contributed by atoms with Gasteiger partial charge < -0.3 is 20.3 Å². The van der Waals surface area contributed by atoms with Crippen molar-refractivity contribution in [2.75, 3.05) is 18.6 Å². The lowest BCUT2D eigenvalue weighted by molar-refractivity contribution is -0.142. The second-order valence-corrected chi connectivity index (χ2v) is 10.6. The van der Waals surface area contributed by atoms with E-state index in [2.05, 4.69) is 10.6 Å². The highest BCUT2D eigenvalue weighted by Gasteiger charge is 2.35. The number of alkyl carbamates (subject to hydrolysis) is 1. The summed E-state index contributed by atoms with van der Waals surface area (Å²) < 4.78 is 5.40. The summed E-state index contributed by atoms with van der Waals surface area (Å²) in [6.07, 6.45) is 1.71. The first-order valence-corrected chi connectivity index (χ1v) is 13.6. The number of rotatable bonds is 11. The fraction of sp³-hybridized carbons (Fsp3) is 0.464. The molecule has 0 fully saturated rings. The Morgan fingerprint density at radius 1 is 1.03 bits per heavy atom. The predicted molar refractivity (Wildman–Crippen MR) is 146 cm³/mol. The van der Waals surface area contributed by atoms with Crippen LogP contribution in [0.25, 0.3) is 0 Å². The monoisotopic (exact) mass is 513 g/mol. The molecule has 0 heterocycles. The Morgan fingerprint density at radius 2 is 1.67 bits per heavy atom. The van der Waals surface area contributed by atoms with Crippen molar-refractivity contribution in [3.63, 3.8) is 0 Å². The summed E-state index contributed by atoms with van der Waals surface area (Å²) in [6, 6.07) is 15.5. The number of thioether (sulfide) groups is 1. The van der Waals surface area contributed by atoms with Crippen molar-refractivity contribution in [2.24, 2.45) is 0 Å². The number of hydrogen-bond donors (Lipinski definition) is 2. The smallest absolute Gasteiger partial charge is 0.408 e. The summed E-state index contributed by atoms with van der Waals surface area (Å²) >= 11 is 1.58. The summed E-state index contributed by atoms with van der Waals surface area (Å²) in [5.74, 6) is 0.0729. The van der Waals surface area contributed by atoms with E-state index in [9.17, 15) is 14.4 Å². The molecule has 7 nitrogen and oxygen atoms in total. The van der Waals surface area contributed by atoms with E-state index < -0.39 is 23.8 Å². The van der Waals surface area contributed by atoms with E-state index in [-0.39, 0.29) is 11.8 Å². The van der Waals surface area contributed by atoms with Crippen LogP contribution in [0.2, 0.25) is 0 Å². The Labute approximate surface area is 219 Å². The third-order valence-corrected chi connectivity index (χ3v) is 6.22. The van der Waals surface area contributed by atoms with Crippen LogP contribution in [-0.2, 0) is 20.9 Å². The quantitative estimate of drug-likeness (QED) is 0.449. The normalized spacial score (nSPS) is 12.8. The van der Waals surface area contributed by atoms with E-state index >= 15 is 0 Å². The van der Waals surface area contributed by atoms with Gasteiger partial charge in [-0.05, 0) is 69.7 Å². The Balaban J connectivity index is 2.36. The zero-order valence-corrected chi connectivity index (χ0v) is 23.0. The van der Waals surface area contributed by atoms with Gasteiger partial charge >= 0.3 is 6.09 Å². The molecule has 0 spiro atoms. The Hall–Kier alpha value is -3.00. The standard InChI is InChI=1S/C28H39N3O4S/c1-7-31(26(33)23(17-18-36-6)30-27(34)35-28(3,4)5)24(22-16-12-11-13-20(22)2)25(32)29-19-21-14-9-8-10-15-21/h8-16,23-24H,7,17-19H2,1-6H3,(H,29,32)(H,30,34). The van der Waals surface area contributed by atoms with E-state index in [1.807, 2.05) is 74.7 Å². The molecule has 0 aliphatic rings. The van der Waals surface area contributed by atoms with Gasteiger partial charge in [-0.3, -0.25) is 9.59 Å². The van der Waals surface area contributed by atoms with Crippen molar-refractivity contribution < 1.29 is 19.1 Å². The van der Waals surface area contributed by atoms with Crippen molar-refractivity contribution >= 4 is 29.7 Å². The van der Waals surface area contributed by atoms with Crippen LogP contribution in [0.15, 0.2) is 54.6 Å². The lowest BCUT2D eigenvalue weighted by atomic mass is 9.98. The second kappa shape index (κ2) is 13.9. The first kappa shape index (κ1) is 29.2. The van der Waals surface area contributed by atoms with Crippen LogP contribution < -0.4 is 10.6 Å². The van der Waals surface area contributed by atoms with Gasteiger partial charge in [0.25, 0.3) is 0 Å². The number of carbonyl (C=O) groups excluding carboxylic acids is 3. The van der Waals surface area contributed by atoms with Crippen LogP contribution in [0.3, 0.4) is 0 Å². The van der Waals surface area contributed by atoms with Crippen LogP contribution >= 0.6 is 11.8 Å². The molecule has 0 saturated carbocycles. The number of ether oxygens (including phenoxy) is 1. The molecule has 2 rings (SSSR count). The highest BCUT2D eigenvalue weighted by Crippen LogP contribution is 2.26. The fourth-order valence-electron chi connectivity index (χ4n) is 3.83. The molecule has 2 N–H and O–H groups in total. The largest absolute Gasteiger partial charge is 0.444 e. The minimum atomic E-state index is -0.843. The van der Waals surface area contributed by atoms with Gasteiger partial charge in [0.05, 0.1) is 0 Å². The van der Waals surface area contributed by atoms with Gasteiger partial charge in [-0.2, -0.15) is 11.8 Å². The average molecular weight is 514 g/mol. The molecule has 2 aromatic carbocycles. The van der Waals surface area contributed by atoms with E-state index in [4.69, 9.17) is 4.74 Å². The molecule has 0 aliphatic carbocycles. The third-order valence-electron chi connectivity index (χ3n) is 5.58. The van der Waals surface area contributed by atoms with Crippen LogP contribution in [-0.4, -0.2) is 53.0 Å². The number of nitrogens with zero attached hydrogens (tertiary/aromatic N) is 1. The molecule has 8 heteroatoms. The number of hydrogen-bond acceptors (Lipinski definition) is 5. The van der Waals surface area contributed by atoms with E-state index in [1.165, 1.54) is 0 Å². The van der Waals surface area contributed by atoms with Crippen molar-refractivity contribution in [3.05, 3.63) is 71.3 Å². The summed E-state index contributed by atoms with van der Waals surface area (Å²) in [4.78, 5) is 41.5. The summed E-state index contributed by atoms with van der Waals surface area (Å²) in [7, 11) is 0. The zero-order valence-electron chi connectivity index (χ0n) is 22.2. The molecule has 2 unspecified atom stereocenters. The molecule has 0 saturated heterocycles. The van der Waals surface area contributed by atoms with Gasteiger partial charge in [-0.25, -0.2) is 4.79 Å². The number of nitrogens with one attached hydrogen (secondary N) is 2. The summed E-state index contributed by atoms with van der Waals surface area (Å²) in [5.41, 5.74) is 1.93. The molecule has 196 valence electrons. The maximum absolute atomic E-state index is 13.9. The number of benzene rings is 2. The van der Waals surface area contributed by atoms with E-state index in [0.717, 1.165) is 16.7 Å². The maximum atomic E-state index is 13.9. The number of carbonyl (C=O) groups is 3. The molecular weight excluding hydrogens is 474 g/mol. The van der Waals surface area contributed by atoms with Crippen molar-refractivity contribution in [1.29, 1.82) is 0 Å². The van der Waals surface area contributed by atoms with Gasteiger partial charge in [-0.15, -0.1) is 0 Å². The molecule has 0 aliphatic heterocycles. The predicted octanol–water partition coefficient (Wildman–Crippen LogP) is 4.85. The third kappa shape index (κ3) is 8.90. The van der Waals surface area contributed by atoms with Gasteiger partial charge in [0, 0.05) is 13.1 Å². The van der Waals surface area contributed by atoms with Crippen LogP contribution in [0.5, 0.6) is 0 Å². The topological polar surface area (TPSA) is 87.7 Å². The van der Waals surface area contributed by atoms with Crippen LogP contribution in [0.4, 0.5) is 4.79 Å². The Bertz CT molecular complexity index is 1010. The number of amides is 3. The highest BCUT2D eigenvalue weighted by atomic mass is 32.2. The Kier molecular flexibility index (Phi) is 11.3. The van der Waals surface area contributed by atoms with Crippen molar-refractivity contribution in [2.45, 2.75) is 65.3 Å². The molecule has 2 aromatic rings. The van der Waals surface area contributed by atoms with Crippen LogP contribution in [0, 0.1) is 6.92 Å². The lowest BCUT2D eigenvalue weighted by Crippen LogP contribution is -2.53. The van der Waals surface area contributed by atoms with Crippen molar-refractivity contribution in [1.82, 2.24) is 15.5 Å². The van der Waals surface area contributed by atoms with Gasteiger partial charge in [0.1, 0.15) is 17.7 Å². The maximum Gasteiger partial charge on any atom is 0.408 e. The van der Waals surface area contributed by atoms with Crippen molar-refractivity contribution in [3.8, 4) is 0 Å². The summed E-state index contributed by atoms with van der Waals surface area (Å²) in [5, 5.41) is 5.74. The molecule has 2 atom stereocenters. The number of likely N-dealkylation sites (N-methyl/N-ethyl adjacent to an activating group) is 1. The lowest BCUT2D eigenvalue weighted by Gasteiger charge is -2.34. The molecular formula is C28H39N3O4S. The second-order valence-electron chi connectivity index (χ2n) is 9.57. The highest BCUT2D eigenvalue weighted by molar-refractivity contribution is 7.98. The van der Waals surface area contributed by atoms with Crippen LogP contribution in [0.1, 0.15) is 56.8 Å². The molecule has 0 bridgehead atoms. The van der Waals surface area contributed by atoms with Gasteiger partial charge in [-0.1, -0.05) is 54.6 Å².